The lowest BCUT2D eigenvalue weighted by molar-refractivity contribution is 0.235. The Labute approximate surface area is 103 Å². The Balaban J connectivity index is 2.23. The molecule has 0 unspecified atom stereocenters. The van der Waals surface area contributed by atoms with Crippen LogP contribution in [0.1, 0.15) is 19.8 Å². The van der Waals surface area contributed by atoms with Gasteiger partial charge in [0.25, 0.3) is 0 Å². The van der Waals surface area contributed by atoms with Crippen LogP contribution in [0.5, 0.6) is 5.75 Å². The molecular weight excluding hydrogens is 222 g/mol. The number of rotatable bonds is 7. The number of para-hydroxylation sites is 1. The van der Waals surface area contributed by atoms with E-state index in [2.05, 4.69) is 18.9 Å². The van der Waals surface area contributed by atoms with Crippen LogP contribution in [-0.4, -0.2) is 31.6 Å². The molecule has 0 fully saturated rings. The van der Waals surface area contributed by atoms with Crippen LogP contribution in [0, 0.1) is 0 Å². The van der Waals surface area contributed by atoms with Gasteiger partial charge in [-0.15, -0.1) is 0 Å². The lowest BCUT2D eigenvalue weighted by Gasteiger charge is -2.16. The number of likely N-dealkylation sites (N-methyl/N-ethyl adjacent to an activating group) is 1. The fourth-order valence-electron chi connectivity index (χ4n) is 1.41. The summed E-state index contributed by atoms with van der Waals surface area (Å²) >= 11 is 5.98. The first-order chi connectivity index (χ1) is 7.74. The molecule has 0 spiro atoms. The van der Waals surface area contributed by atoms with Crippen LogP contribution in [0.25, 0.3) is 0 Å². The Hall–Kier alpha value is -0.730. The van der Waals surface area contributed by atoms with Crippen LogP contribution in [0.4, 0.5) is 0 Å². The van der Waals surface area contributed by atoms with Gasteiger partial charge in [0.1, 0.15) is 12.4 Å². The summed E-state index contributed by atoms with van der Waals surface area (Å²) in [6.07, 6.45) is 2.47. The van der Waals surface area contributed by atoms with Crippen LogP contribution in [0.2, 0.25) is 5.02 Å². The first kappa shape index (κ1) is 13.3. The van der Waals surface area contributed by atoms with Crippen molar-refractivity contribution < 1.29 is 4.74 Å². The smallest absolute Gasteiger partial charge is 0.137 e. The van der Waals surface area contributed by atoms with E-state index in [9.17, 15) is 0 Å². The fourth-order valence-corrected chi connectivity index (χ4v) is 1.60. The first-order valence-corrected chi connectivity index (χ1v) is 6.17. The van der Waals surface area contributed by atoms with Crippen LogP contribution >= 0.6 is 11.6 Å². The van der Waals surface area contributed by atoms with E-state index >= 15 is 0 Å². The molecule has 0 aromatic heterocycles. The van der Waals surface area contributed by atoms with E-state index in [1.165, 1.54) is 12.8 Å². The summed E-state index contributed by atoms with van der Waals surface area (Å²) < 4.78 is 5.61. The predicted molar refractivity (Wildman–Crippen MR) is 69.4 cm³/mol. The van der Waals surface area contributed by atoms with Gasteiger partial charge in [0.2, 0.25) is 0 Å². The van der Waals surface area contributed by atoms with Gasteiger partial charge < -0.3 is 9.64 Å². The molecule has 0 atom stereocenters. The van der Waals surface area contributed by atoms with Gasteiger partial charge in [-0.05, 0) is 32.1 Å². The van der Waals surface area contributed by atoms with Crippen LogP contribution in [0.15, 0.2) is 24.3 Å². The minimum atomic E-state index is 0.679. The maximum atomic E-state index is 5.98. The third-order valence-corrected chi connectivity index (χ3v) is 2.77. The SMILES string of the molecule is CCCCN(C)CCOc1ccccc1Cl. The highest BCUT2D eigenvalue weighted by Crippen LogP contribution is 2.22. The van der Waals surface area contributed by atoms with Crippen molar-refractivity contribution in [3.05, 3.63) is 29.3 Å². The van der Waals surface area contributed by atoms with Gasteiger partial charge in [0, 0.05) is 6.54 Å². The number of benzene rings is 1. The molecule has 0 aliphatic rings. The maximum Gasteiger partial charge on any atom is 0.137 e. The summed E-state index contributed by atoms with van der Waals surface area (Å²) in [5, 5.41) is 0.679. The molecule has 0 bridgehead atoms. The minimum absolute atomic E-state index is 0.679. The highest BCUT2D eigenvalue weighted by atomic mass is 35.5. The molecule has 0 amide bonds. The van der Waals surface area contributed by atoms with Gasteiger partial charge >= 0.3 is 0 Å². The van der Waals surface area contributed by atoms with Gasteiger partial charge in [0.05, 0.1) is 5.02 Å². The average molecular weight is 242 g/mol. The molecular formula is C13H20ClNO. The second-order valence-electron chi connectivity index (χ2n) is 3.94. The lowest BCUT2D eigenvalue weighted by Crippen LogP contribution is -2.25. The summed E-state index contributed by atoms with van der Waals surface area (Å²) in [4.78, 5) is 2.28. The van der Waals surface area contributed by atoms with Crippen LogP contribution in [0.3, 0.4) is 0 Å². The van der Waals surface area contributed by atoms with E-state index in [1.807, 2.05) is 24.3 Å². The van der Waals surface area contributed by atoms with Gasteiger partial charge in [0.15, 0.2) is 0 Å². The molecule has 3 heteroatoms. The van der Waals surface area contributed by atoms with Gasteiger partial charge in [-0.2, -0.15) is 0 Å². The van der Waals surface area contributed by atoms with Gasteiger partial charge in [-0.1, -0.05) is 37.1 Å². The van der Waals surface area contributed by atoms with E-state index in [1.54, 1.807) is 0 Å². The zero-order valence-electron chi connectivity index (χ0n) is 10.1. The zero-order chi connectivity index (χ0) is 11.8. The van der Waals surface area contributed by atoms with E-state index in [-0.39, 0.29) is 0 Å². The Morgan fingerprint density at radius 2 is 2.00 bits per heavy atom. The third-order valence-electron chi connectivity index (χ3n) is 2.46. The molecule has 0 aliphatic heterocycles. The van der Waals surface area contributed by atoms with Gasteiger partial charge in [-0.25, -0.2) is 0 Å². The van der Waals surface area contributed by atoms with E-state index < -0.39 is 0 Å². The number of hydrogen-bond donors (Lipinski definition) is 0. The van der Waals surface area contributed by atoms with Crippen molar-refractivity contribution >= 4 is 11.6 Å². The largest absolute Gasteiger partial charge is 0.491 e. The van der Waals surface area contributed by atoms with Crippen molar-refractivity contribution in [1.29, 1.82) is 0 Å². The minimum Gasteiger partial charge on any atom is -0.491 e. The average Bonchev–Trinajstić information content (AvgIpc) is 2.29. The Bertz CT molecular complexity index is 304. The number of unbranched alkanes of at least 4 members (excludes halogenated alkanes) is 1. The summed E-state index contributed by atoms with van der Waals surface area (Å²) in [5.41, 5.74) is 0. The second-order valence-corrected chi connectivity index (χ2v) is 4.34. The van der Waals surface area contributed by atoms with Crippen LogP contribution in [-0.2, 0) is 0 Å². The molecule has 0 saturated heterocycles. The molecule has 0 saturated carbocycles. The second kappa shape index (κ2) is 7.53. The number of ether oxygens (including phenoxy) is 1. The summed E-state index contributed by atoms with van der Waals surface area (Å²) in [7, 11) is 2.12. The summed E-state index contributed by atoms with van der Waals surface area (Å²) in [6, 6.07) is 7.58. The highest BCUT2D eigenvalue weighted by molar-refractivity contribution is 6.32. The number of halogens is 1. The highest BCUT2D eigenvalue weighted by Gasteiger charge is 2.01. The molecule has 16 heavy (non-hydrogen) atoms. The van der Waals surface area contributed by atoms with Crippen LogP contribution < -0.4 is 4.74 Å². The van der Waals surface area contributed by atoms with E-state index in [4.69, 9.17) is 16.3 Å². The number of hydrogen-bond acceptors (Lipinski definition) is 2. The van der Waals surface area contributed by atoms with Crippen molar-refractivity contribution in [2.75, 3.05) is 26.7 Å². The van der Waals surface area contributed by atoms with Crippen molar-refractivity contribution in [1.82, 2.24) is 4.90 Å². The topological polar surface area (TPSA) is 12.5 Å². The summed E-state index contributed by atoms with van der Waals surface area (Å²) in [5.74, 6) is 0.771. The predicted octanol–water partition coefficient (Wildman–Crippen LogP) is 3.45. The molecule has 1 aromatic carbocycles. The molecule has 90 valence electrons. The number of nitrogens with zero attached hydrogens (tertiary/aromatic N) is 1. The Morgan fingerprint density at radius 1 is 1.25 bits per heavy atom. The molecule has 0 N–H and O–H groups in total. The molecule has 1 aromatic rings. The molecule has 0 heterocycles. The fraction of sp³-hybridized carbons (Fsp3) is 0.538. The van der Waals surface area contributed by atoms with Gasteiger partial charge in [-0.3, -0.25) is 0 Å². The standard InChI is InChI=1S/C13H20ClNO/c1-3-4-9-15(2)10-11-16-13-8-6-5-7-12(13)14/h5-8H,3-4,9-11H2,1-2H3. The third kappa shape index (κ3) is 4.86. The van der Waals surface area contributed by atoms with Crippen molar-refractivity contribution in [2.24, 2.45) is 0 Å². The Kier molecular flexibility index (Phi) is 6.27. The monoisotopic (exact) mass is 241 g/mol. The molecule has 1 rings (SSSR count). The normalized spacial score (nSPS) is 10.8. The van der Waals surface area contributed by atoms with Crippen molar-refractivity contribution in [3.8, 4) is 5.75 Å². The first-order valence-electron chi connectivity index (χ1n) is 5.80. The van der Waals surface area contributed by atoms with Crippen molar-refractivity contribution in [2.45, 2.75) is 19.8 Å². The summed E-state index contributed by atoms with van der Waals surface area (Å²) in [6.45, 7) is 4.95. The lowest BCUT2D eigenvalue weighted by atomic mass is 10.3. The van der Waals surface area contributed by atoms with Crippen molar-refractivity contribution in [3.63, 3.8) is 0 Å². The van der Waals surface area contributed by atoms with E-state index in [0.29, 0.717) is 11.6 Å². The maximum absolute atomic E-state index is 5.98. The molecule has 0 radical (unpaired) electrons. The van der Waals surface area contributed by atoms with E-state index in [0.717, 1.165) is 18.8 Å². The zero-order valence-corrected chi connectivity index (χ0v) is 10.8. The molecule has 2 nitrogen and oxygen atoms in total. The Morgan fingerprint density at radius 3 is 2.69 bits per heavy atom. The quantitative estimate of drug-likeness (QED) is 0.725. The molecule has 0 aliphatic carbocycles.